The van der Waals surface area contributed by atoms with Crippen LogP contribution in [-0.2, 0) is 4.79 Å². The number of carbonyl (C=O) groups excluding carboxylic acids is 1. The highest BCUT2D eigenvalue weighted by Gasteiger charge is 2.17. The van der Waals surface area contributed by atoms with Crippen LogP contribution in [0.2, 0.25) is 0 Å². The lowest BCUT2D eigenvalue weighted by molar-refractivity contribution is -0.118. The number of amides is 1. The maximum Gasteiger partial charge on any atom is 0.209 e. The summed E-state index contributed by atoms with van der Waals surface area (Å²) in [6, 6.07) is 2.09. The summed E-state index contributed by atoms with van der Waals surface area (Å²) in [5.74, 6) is 1.66. The number of hydrogen-bond donors (Lipinski definition) is 2. The number of nitrogens with two attached hydrogens (primary N) is 1. The molecule has 1 unspecified atom stereocenters. The highest BCUT2D eigenvalue weighted by atomic mass is 16.1. The molecule has 7 heteroatoms. The Bertz CT molecular complexity index is 418. The summed E-state index contributed by atoms with van der Waals surface area (Å²) in [6.07, 6.45) is 2.44. The number of piperazine rings is 1. The van der Waals surface area contributed by atoms with Gasteiger partial charge >= 0.3 is 0 Å². The Kier molecular flexibility index (Phi) is 4.51. The molecule has 1 saturated heterocycles. The fourth-order valence-corrected chi connectivity index (χ4v) is 1.97. The van der Waals surface area contributed by atoms with Gasteiger partial charge in [-0.15, -0.1) is 0 Å². The molecule has 0 aromatic carbocycles. The van der Waals surface area contributed by atoms with Gasteiger partial charge < -0.3 is 20.9 Å². The molecule has 1 aromatic heterocycles. The Balaban J connectivity index is 2.00. The second-order valence-electron chi connectivity index (χ2n) is 4.67. The Morgan fingerprint density at radius 2 is 2.16 bits per heavy atom. The van der Waals surface area contributed by atoms with Crippen molar-refractivity contribution in [3.63, 3.8) is 0 Å². The number of anilines is 2. The van der Waals surface area contributed by atoms with Crippen LogP contribution in [0, 0.1) is 0 Å². The first-order valence-electron chi connectivity index (χ1n) is 6.46. The SMILES string of the molecule is CC(CN)Nc1cc(N2CCN(C=O)CC2)ncn1. The lowest BCUT2D eigenvalue weighted by Crippen LogP contribution is -2.46. The number of rotatable bonds is 5. The van der Waals surface area contributed by atoms with Crippen molar-refractivity contribution in [2.75, 3.05) is 42.9 Å². The van der Waals surface area contributed by atoms with Gasteiger partial charge in [0.15, 0.2) is 0 Å². The summed E-state index contributed by atoms with van der Waals surface area (Å²) in [5.41, 5.74) is 5.58. The van der Waals surface area contributed by atoms with Gasteiger partial charge in [-0.05, 0) is 6.92 Å². The van der Waals surface area contributed by atoms with Gasteiger partial charge in [0.05, 0.1) is 0 Å². The first kappa shape index (κ1) is 13.5. The van der Waals surface area contributed by atoms with E-state index in [-0.39, 0.29) is 6.04 Å². The van der Waals surface area contributed by atoms with Gasteiger partial charge in [-0.25, -0.2) is 9.97 Å². The van der Waals surface area contributed by atoms with Crippen molar-refractivity contribution in [1.82, 2.24) is 14.9 Å². The summed E-state index contributed by atoms with van der Waals surface area (Å²) in [4.78, 5) is 23.1. The maximum atomic E-state index is 10.7. The first-order valence-corrected chi connectivity index (χ1v) is 6.46. The van der Waals surface area contributed by atoms with Crippen molar-refractivity contribution < 1.29 is 4.79 Å². The predicted octanol–water partition coefficient (Wildman–Crippen LogP) is -0.486. The molecule has 1 atom stereocenters. The van der Waals surface area contributed by atoms with E-state index in [1.54, 1.807) is 11.2 Å². The van der Waals surface area contributed by atoms with Crippen molar-refractivity contribution >= 4 is 18.0 Å². The Morgan fingerprint density at radius 1 is 1.42 bits per heavy atom. The normalized spacial score (nSPS) is 17.2. The van der Waals surface area contributed by atoms with Crippen LogP contribution in [0.15, 0.2) is 12.4 Å². The van der Waals surface area contributed by atoms with Crippen LogP contribution in [0.3, 0.4) is 0 Å². The third-order valence-electron chi connectivity index (χ3n) is 3.19. The summed E-state index contributed by atoms with van der Waals surface area (Å²) in [5, 5.41) is 3.22. The second-order valence-corrected chi connectivity index (χ2v) is 4.67. The lowest BCUT2D eigenvalue weighted by atomic mass is 10.3. The van der Waals surface area contributed by atoms with Crippen molar-refractivity contribution in [1.29, 1.82) is 0 Å². The Morgan fingerprint density at radius 3 is 2.79 bits per heavy atom. The fourth-order valence-electron chi connectivity index (χ4n) is 1.97. The number of hydrogen-bond acceptors (Lipinski definition) is 6. The summed E-state index contributed by atoms with van der Waals surface area (Å²) < 4.78 is 0. The zero-order valence-corrected chi connectivity index (χ0v) is 11.1. The van der Waals surface area contributed by atoms with Crippen molar-refractivity contribution in [3.05, 3.63) is 12.4 Å². The minimum Gasteiger partial charge on any atom is -0.366 e. The third-order valence-corrected chi connectivity index (χ3v) is 3.19. The molecule has 0 spiro atoms. The zero-order chi connectivity index (χ0) is 13.7. The van der Waals surface area contributed by atoms with E-state index in [2.05, 4.69) is 20.2 Å². The van der Waals surface area contributed by atoms with Crippen LogP contribution in [0.4, 0.5) is 11.6 Å². The number of aromatic nitrogens is 2. The van der Waals surface area contributed by atoms with Crippen LogP contribution >= 0.6 is 0 Å². The van der Waals surface area contributed by atoms with Gasteiger partial charge in [-0.3, -0.25) is 4.79 Å². The summed E-state index contributed by atoms with van der Waals surface area (Å²) in [6.45, 7) is 5.61. The van der Waals surface area contributed by atoms with Crippen molar-refractivity contribution in [2.45, 2.75) is 13.0 Å². The van der Waals surface area contributed by atoms with E-state index in [9.17, 15) is 4.79 Å². The number of carbonyl (C=O) groups is 1. The molecule has 1 aromatic rings. The molecule has 0 saturated carbocycles. The molecule has 1 aliphatic heterocycles. The van der Waals surface area contributed by atoms with Gasteiger partial charge in [0.2, 0.25) is 6.41 Å². The Hall–Kier alpha value is -1.89. The predicted molar refractivity (Wildman–Crippen MR) is 74.0 cm³/mol. The zero-order valence-electron chi connectivity index (χ0n) is 11.1. The summed E-state index contributed by atoms with van der Waals surface area (Å²) >= 11 is 0. The Labute approximate surface area is 112 Å². The molecular formula is C12H20N6O. The minimum absolute atomic E-state index is 0.176. The van der Waals surface area contributed by atoms with Gasteiger partial charge in [0.1, 0.15) is 18.0 Å². The van der Waals surface area contributed by atoms with E-state index in [1.165, 1.54) is 0 Å². The molecule has 1 fully saturated rings. The topological polar surface area (TPSA) is 87.4 Å². The fraction of sp³-hybridized carbons (Fsp3) is 0.583. The van der Waals surface area contributed by atoms with Crippen molar-refractivity contribution in [3.8, 4) is 0 Å². The van der Waals surface area contributed by atoms with E-state index in [0.29, 0.717) is 6.54 Å². The van der Waals surface area contributed by atoms with E-state index in [1.807, 2.05) is 13.0 Å². The third kappa shape index (κ3) is 3.54. The molecule has 1 amide bonds. The molecule has 0 aliphatic carbocycles. The molecule has 2 heterocycles. The van der Waals surface area contributed by atoms with E-state index in [4.69, 9.17) is 5.73 Å². The monoisotopic (exact) mass is 264 g/mol. The van der Waals surface area contributed by atoms with Crippen molar-refractivity contribution in [2.24, 2.45) is 5.73 Å². The standard InChI is InChI=1S/C12H20N6O/c1-10(7-13)16-11-6-12(15-8-14-11)18-4-2-17(9-19)3-5-18/h6,8-10H,2-5,7,13H2,1H3,(H,14,15,16). The molecule has 2 rings (SSSR count). The maximum absolute atomic E-state index is 10.7. The van der Waals surface area contributed by atoms with Crippen LogP contribution in [0.1, 0.15) is 6.92 Å². The van der Waals surface area contributed by atoms with Gasteiger partial charge in [-0.2, -0.15) is 0 Å². The van der Waals surface area contributed by atoms with E-state index >= 15 is 0 Å². The van der Waals surface area contributed by atoms with Gasteiger partial charge in [-0.1, -0.05) is 0 Å². The molecule has 0 bridgehead atoms. The average molecular weight is 264 g/mol. The minimum atomic E-state index is 0.176. The number of nitrogens with zero attached hydrogens (tertiary/aromatic N) is 4. The molecule has 19 heavy (non-hydrogen) atoms. The molecule has 7 nitrogen and oxygen atoms in total. The van der Waals surface area contributed by atoms with E-state index < -0.39 is 0 Å². The molecule has 104 valence electrons. The number of nitrogens with one attached hydrogen (secondary N) is 1. The molecule has 3 N–H and O–H groups in total. The second kappa shape index (κ2) is 6.33. The largest absolute Gasteiger partial charge is 0.366 e. The average Bonchev–Trinajstić information content (AvgIpc) is 2.47. The van der Waals surface area contributed by atoms with Crippen LogP contribution in [0.25, 0.3) is 0 Å². The van der Waals surface area contributed by atoms with Crippen LogP contribution < -0.4 is 16.0 Å². The molecule has 0 radical (unpaired) electrons. The summed E-state index contributed by atoms with van der Waals surface area (Å²) in [7, 11) is 0. The van der Waals surface area contributed by atoms with E-state index in [0.717, 1.165) is 44.2 Å². The molecular weight excluding hydrogens is 244 g/mol. The lowest BCUT2D eigenvalue weighted by Gasteiger charge is -2.33. The highest BCUT2D eigenvalue weighted by Crippen LogP contribution is 2.16. The van der Waals surface area contributed by atoms with Crippen LogP contribution in [-0.4, -0.2) is 60.0 Å². The highest BCUT2D eigenvalue weighted by molar-refractivity contribution is 5.51. The van der Waals surface area contributed by atoms with Gasteiger partial charge in [0, 0.05) is 44.8 Å². The first-order chi connectivity index (χ1) is 9.22. The smallest absolute Gasteiger partial charge is 0.209 e. The molecule has 1 aliphatic rings. The quantitative estimate of drug-likeness (QED) is 0.698. The van der Waals surface area contributed by atoms with Gasteiger partial charge in [0.25, 0.3) is 0 Å². The van der Waals surface area contributed by atoms with Crippen LogP contribution in [0.5, 0.6) is 0 Å².